The highest BCUT2D eigenvalue weighted by atomic mass is 32.1. The summed E-state index contributed by atoms with van der Waals surface area (Å²) < 4.78 is 5.85. The molecule has 1 heterocycles. The van der Waals surface area contributed by atoms with E-state index in [0.29, 0.717) is 6.54 Å². The molecule has 6 heteroatoms. The smallest absolute Gasteiger partial charge is 0.191 e. The zero-order chi connectivity index (χ0) is 17.4. The van der Waals surface area contributed by atoms with Crippen LogP contribution in [0, 0.1) is 13.8 Å². The quantitative estimate of drug-likeness (QED) is 0.598. The molecule has 2 N–H and O–H groups in total. The lowest BCUT2D eigenvalue weighted by Crippen LogP contribution is -2.42. The molecule has 0 radical (unpaired) electrons. The molecule has 24 heavy (non-hydrogen) atoms. The molecule has 1 aromatic heterocycles. The van der Waals surface area contributed by atoms with E-state index in [1.165, 1.54) is 4.88 Å². The number of aromatic nitrogens is 1. The van der Waals surface area contributed by atoms with Gasteiger partial charge >= 0.3 is 0 Å². The maximum atomic E-state index is 5.85. The predicted octanol–water partition coefficient (Wildman–Crippen LogP) is 2.93. The monoisotopic (exact) mass is 346 g/mol. The zero-order valence-electron chi connectivity index (χ0n) is 14.8. The Morgan fingerprint density at radius 3 is 2.62 bits per heavy atom. The topological polar surface area (TPSA) is 58.5 Å². The van der Waals surface area contributed by atoms with Gasteiger partial charge in [0.05, 0.1) is 17.2 Å². The summed E-state index contributed by atoms with van der Waals surface area (Å²) in [5, 5.41) is 7.77. The van der Waals surface area contributed by atoms with Crippen molar-refractivity contribution in [2.45, 2.75) is 33.3 Å². The second-order valence-electron chi connectivity index (χ2n) is 5.62. The van der Waals surface area contributed by atoms with Crippen molar-refractivity contribution in [1.82, 2.24) is 15.6 Å². The number of para-hydroxylation sites is 1. The van der Waals surface area contributed by atoms with Crippen LogP contribution in [0.25, 0.3) is 0 Å². The van der Waals surface area contributed by atoms with Crippen LogP contribution in [0.5, 0.6) is 5.75 Å². The van der Waals surface area contributed by atoms with Crippen LogP contribution in [0.4, 0.5) is 0 Å². The summed E-state index contributed by atoms with van der Waals surface area (Å²) in [5.74, 6) is 1.66. The highest BCUT2D eigenvalue weighted by molar-refractivity contribution is 7.11. The molecule has 2 rings (SSSR count). The van der Waals surface area contributed by atoms with Crippen LogP contribution in [-0.4, -0.2) is 37.2 Å². The average Bonchev–Trinajstić information content (AvgIpc) is 2.89. The normalized spacial score (nSPS) is 12.8. The number of rotatable bonds is 7. The van der Waals surface area contributed by atoms with Crippen LogP contribution in [0.2, 0.25) is 0 Å². The fourth-order valence-electron chi connectivity index (χ4n) is 2.17. The van der Waals surface area contributed by atoms with Gasteiger partial charge in [-0.05, 0) is 32.9 Å². The van der Waals surface area contributed by atoms with E-state index in [4.69, 9.17) is 4.74 Å². The first-order valence-electron chi connectivity index (χ1n) is 8.17. The van der Waals surface area contributed by atoms with Gasteiger partial charge in [0.1, 0.15) is 11.9 Å². The minimum absolute atomic E-state index is 0.0511. The number of hydrogen-bond donors (Lipinski definition) is 2. The number of hydrogen-bond acceptors (Lipinski definition) is 4. The Morgan fingerprint density at radius 1 is 1.25 bits per heavy atom. The number of nitrogens with one attached hydrogen (secondary N) is 2. The summed E-state index contributed by atoms with van der Waals surface area (Å²) in [6.45, 7) is 7.69. The van der Waals surface area contributed by atoms with E-state index in [2.05, 4.69) is 34.5 Å². The third-order valence-corrected chi connectivity index (χ3v) is 4.70. The third-order valence-electron chi connectivity index (χ3n) is 3.57. The van der Waals surface area contributed by atoms with E-state index < -0.39 is 0 Å². The second-order valence-corrected chi connectivity index (χ2v) is 6.91. The van der Waals surface area contributed by atoms with Gasteiger partial charge in [-0.1, -0.05) is 18.2 Å². The first-order valence-corrected chi connectivity index (χ1v) is 8.99. The number of aryl methyl sites for hydroxylation is 2. The highest BCUT2D eigenvalue weighted by Gasteiger charge is 2.07. The molecule has 0 saturated heterocycles. The van der Waals surface area contributed by atoms with Gasteiger partial charge in [-0.25, -0.2) is 4.98 Å². The van der Waals surface area contributed by atoms with Crippen molar-refractivity contribution in [2.24, 2.45) is 4.99 Å². The first-order chi connectivity index (χ1) is 11.6. The van der Waals surface area contributed by atoms with Gasteiger partial charge in [0.2, 0.25) is 0 Å². The molecule has 130 valence electrons. The molecule has 0 bridgehead atoms. The van der Waals surface area contributed by atoms with E-state index >= 15 is 0 Å². The van der Waals surface area contributed by atoms with Crippen LogP contribution in [0.15, 0.2) is 35.3 Å². The summed E-state index contributed by atoms with van der Waals surface area (Å²) in [4.78, 5) is 10.1. The van der Waals surface area contributed by atoms with E-state index in [1.54, 1.807) is 18.4 Å². The first kappa shape index (κ1) is 18.3. The molecule has 2 aromatic rings. The van der Waals surface area contributed by atoms with Crippen molar-refractivity contribution < 1.29 is 4.74 Å². The molecule has 1 unspecified atom stereocenters. The Labute approximate surface area is 148 Å². The summed E-state index contributed by atoms with van der Waals surface area (Å²) in [6.07, 6.45) is 0.950. The van der Waals surface area contributed by atoms with Gasteiger partial charge < -0.3 is 15.4 Å². The maximum absolute atomic E-state index is 5.85. The number of ether oxygens (including phenoxy) is 1. The number of aliphatic imine (C=N–C) groups is 1. The molecule has 0 amide bonds. The fourth-order valence-corrected chi connectivity index (χ4v) is 3.10. The third kappa shape index (κ3) is 5.85. The van der Waals surface area contributed by atoms with Gasteiger partial charge in [-0.2, -0.15) is 0 Å². The van der Waals surface area contributed by atoms with Crippen LogP contribution < -0.4 is 15.4 Å². The Kier molecular flexibility index (Phi) is 7.06. The van der Waals surface area contributed by atoms with Gasteiger partial charge in [0, 0.05) is 24.9 Å². The summed E-state index contributed by atoms with van der Waals surface area (Å²) in [7, 11) is 1.77. The molecule has 0 spiro atoms. The molecular formula is C18H26N4OS. The standard InChI is InChI=1S/C18H26N4OS/c1-13(23-16-8-6-5-7-9-16)12-21-18(19-4)20-11-10-17-22-14(2)15(3)24-17/h5-9,13H,10-12H2,1-4H3,(H2,19,20,21). The Bertz CT molecular complexity index is 635. The minimum Gasteiger partial charge on any atom is -0.489 e. The lowest BCUT2D eigenvalue weighted by molar-refractivity contribution is 0.224. The van der Waals surface area contributed by atoms with Crippen LogP contribution in [0.3, 0.4) is 0 Å². The average molecular weight is 347 g/mol. The molecular weight excluding hydrogens is 320 g/mol. The van der Waals surface area contributed by atoms with Crippen molar-refractivity contribution in [2.75, 3.05) is 20.1 Å². The van der Waals surface area contributed by atoms with Crippen molar-refractivity contribution in [3.8, 4) is 5.75 Å². The second kappa shape index (κ2) is 9.27. The fraction of sp³-hybridized carbons (Fsp3) is 0.444. The van der Waals surface area contributed by atoms with Gasteiger partial charge in [0.25, 0.3) is 0 Å². The lowest BCUT2D eigenvalue weighted by atomic mass is 10.3. The summed E-state index contributed by atoms with van der Waals surface area (Å²) >= 11 is 1.76. The molecule has 0 saturated carbocycles. The Hall–Kier alpha value is -2.08. The van der Waals surface area contributed by atoms with Crippen molar-refractivity contribution >= 4 is 17.3 Å². The van der Waals surface area contributed by atoms with E-state index in [1.807, 2.05) is 37.3 Å². The van der Waals surface area contributed by atoms with Gasteiger partial charge in [-0.15, -0.1) is 11.3 Å². The van der Waals surface area contributed by atoms with E-state index in [0.717, 1.165) is 35.4 Å². The van der Waals surface area contributed by atoms with Crippen molar-refractivity contribution in [3.05, 3.63) is 45.9 Å². The minimum atomic E-state index is 0.0511. The highest BCUT2D eigenvalue weighted by Crippen LogP contribution is 2.16. The van der Waals surface area contributed by atoms with Crippen LogP contribution in [-0.2, 0) is 6.42 Å². The molecule has 0 fully saturated rings. The molecule has 5 nitrogen and oxygen atoms in total. The molecule has 0 aliphatic heterocycles. The molecule has 1 aromatic carbocycles. The Balaban J connectivity index is 1.70. The van der Waals surface area contributed by atoms with E-state index in [9.17, 15) is 0 Å². The number of benzene rings is 1. The van der Waals surface area contributed by atoms with Crippen molar-refractivity contribution in [3.63, 3.8) is 0 Å². The van der Waals surface area contributed by atoms with Gasteiger partial charge in [-0.3, -0.25) is 4.99 Å². The number of thiazole rings is 1. The van der Waals surface area contributed by atoms with Crippen molar-refractivity contribution in [1.29, 1.82) is 0 Å². The predicted molar refractivity (Wildman–Crippen MR) is 101 cm³/mol. The van der Waals surface area contributed by atoms with Crippen LogP contribution in [0.1, 0.15) is 22.5 Å². The van der Waals surface area contributed by atoms with Gasteiger partial charge in [0.15, 0.2) is 5.96 Å². The maximum Gasteiger partial charge on any atom is 0.191 e. The summed E-state index contributed by atoms with van der Waals surface area (Å²) in [5.41, 5.74) is 1.13. The van der Waals surface area contributed by atoms with E-state index in [-0.39, 0.29) is 6.10 Å². The SMILES string of the molecule is CN=C(NCCc1nc(C)c(C)s1)NCC(C)Oc1ccccc1. The zero-order valence-corrected chi connectivity index (χ0v) is 15.6. The number of guanidine groups is 1. The summed E-state index contributed by atoms with van der Waals surface area (Å²) in [6, 6.07) is 9.84. The molecule has 0 aliphatic carbocycles. The Morgan fingerprint density at radius 2 is 2.00 bits per heavy atom. The largest absolute Gasteiger partial charge is 0.489 e. The molecule has 0 aliphatic rings. The molecule has 1 atom stereocenters. The lowest BCUT2D eigenvalue weighted by Gasteiger charge is -2.17. The van der Waals surface area contributed by atoms with Crippen LogP contribution >= 0.6 is 11.3 Å². The number of nitrogens with zero attached hydrogens (tertiary/aromatic N) is 2.